The van der Waals surface area contributed by atoms with Crippen LogP contribution in [-0.4, -0.2) is 28.8 Å². The molecule has 1 aromatic heterocycles. The molecule has 0 saturated heterocycles. The van der Waals surface area contributed by atoms with Gasteiger partial charge in [-0.15, -0.1) is 0 Å². The quantitative estimate of drug-likeness (QED) is 0.192. The second-order valence-electron chi connectivity index (χ2n) is 10.2. The first kappa shape index (κ1) is 26.8. The number of pyridine rings is 1. The Balaban J connectivity index is 1.25. The molecule has 2 aliphatic rings. The van der Waals surface area contributed by atoms with E-state index in [1.165, 1.54) is 5.56 Å². The van der Waals surface area contributed by atoms with E-state index in [0.717, 1.165) is 79.4 Å². The lowest BCUT2D eigenvalue weighted by molar-refractivity contribution is 0.194. The fourth-order valence-electron chi connectivity index (χ4n) is 4.87. The number of carbonyl (C=O) groups is 1. The number of aromatic nitrogens is 1. The van der Waals surface area contributed by atoms with Crippen molar-refractivity contribution in [3.05, 3.63) is 81.6 Å². The molecule has 38 heavy (non-hydrogen) atoms. The third-order valence-corrected chi connectivity index (χ3v) is 8.02. The summed E-state index contributed by atoms with van der Waals surface area (Å²) in [7, 11) is 0. The van der Waals surface area contributed by atoms with Gasteiger partial charge in [-0.05, 0) is 91.5 Å². The molecule has 6 nitrogen and oxygen atoms in total. The first-order valence-electron chi connectivity index (χ1n) is 13.3. The molecule has 1 heterocycles. The monoisotopic (exact) mass is 553 g/mol. The van der Waals surface area contributed by atoms with Crippen molar-refractivity contribution in [1.82, 2.24) is 15.6 Å². The van der Waals surface area contributed by atoms with Crippen LogP contribution in [-0.2, 0) is 18.5 Å². The van der Waals surface area contributed by atoms with Gasteiger partial charge in [0, 0.05) is 46.6 Å². The highest BCUT2D eigenvalue weighted by Crippen LogP contribution is 2.50. The second kappa shape index (κ2) is 11.9. The van der Waals surface area contributed by atoms with Crippen LogP contribution in [0.2, 0.25) is 10.0 Å². The second-order valence-corrected chi connectivity index (χ2v) is 11.1. The Hall–Kier alpha value is -2.80. The molecule has 0 unspecified atom stereocenters. The smallest absolute Gasteiger partial charge is 0.404 e. The average molecular weight is 555 g/mol. The minimum atomic E-state index is -0.982. The minimum Gasteiger partial charge on any atom is -0.490 e. The Morgan fingerprint density at radius 2 is 1.79 bits per heavy atom. The van der Waals surface area contributed by atoms with Crippen LogP contribution < -0.4 is 15.4 Å². The zero-order chi connectivity index (χ0) is 26.5. The van der Waals surface area contributed by atoms with Gasteiger partial charge in [-0.2, -0.15) is 0 Å². The maximum Gasteiger partial charge on any atom is 0.404 e. The van der Waals surface area contributed by atoms with Crippen LogP contribution in [0.1, 0.15) is 61.6 Å². The molecule has 2 aliphatic carbocycles. The Kier molecular flexibility index (Phi) is 8.42. The lowest BCUT2D eigenvalue weighted by atomic mass is 9.94. The molecule has 8 heteroatoms. The average Bonchev–Trinajstić information content (AvgIpc) is 3.84. The van der Waals surface area contributed by atoms with Crippen LogP contribution in [0.3, 0.4) is 0 Å². The van der Waals surface area contributed by atoms with E-state index >= 15 is 0 Å². The third-order valence-electron chi connectivity index (χ3n) is 7.31. The Labute approximate surface area is 233 Å². The molecule has 0 bridgehead atoms. The van der Waals surface area contributed by atoms with E-state index in [1.807, 2.05) is 30.6 Å². The number of nitrogens with zero attached hydrogens (tertiary/aromatic N) is 1. The lowest BCUT2D eigenvalue weighted by Crippen LogP contribution is -2.29. The van der Waals surface area contributed by atoms with Crippen LogP contribution in [0, 0.1) is 0 Å². The van der Waals surface area contributed by atoms with Gasteiger partial charge in [-0.1, -0.05) is 47.8 Å². The van der Waals surface area contributed by atoms with Crippen molar-refractivity contribution in [1.29, 1.82) is 0 Å². The number of rotatable bonds is 13. The van der Waals surface area contributed by atoms with Gasteiger partial charge in [-0.3, -0.25) is 4.98 Å². The number of hydrogen-bond donors (Lipinski definition) is 3. The first-order valence-corrected chi connectivity index (χ1v) is 14.1. The lowest BCUT2D eigenvalue weighted by Gasteiger charge is -2.23. The van der Waals surface area contributed by atoms with Gasteiger partial charge < -0.3 is 20.5 Å². The molecule has 1 amide bonds. The fourth-order valence-corrected chi connectivity index (χ4v) is 5.40. The summed E-state index contributed by atoms with van der Waals surface area (Å²) in [5.74, 6) is 0.932. The van der Waals surface area contributed by atoms with E-state index < -0.39 is 6.09 Å². The molecule has 3 N–H and O–H groups in total. The predicted octanol–water partition coefficient (Wildman–Crippen LogP) is 7.36. The summed E-state index contributed by atoms with van der Waals surface area (Å²) >= 11 is 13.3. The van der Waals surface area contributed by atoms with E-state index in [1.54, 1.807) is 0 Å². The minimum absolute atomic E-state index is 0.158. The summed E-state index contributed by atoms with van der Waals surface area (Å²) in [6, 6.07) is 14.3. The first-order chi connectivity index (χ1) is 18.4. The molecule has 3 aromatic rings. The van der Waals surface area contributed by atoms with E-state index in [9.17, 15) is 4.79 Å². The van der Waals surface area contributed by atoms with Crippen molar-refractivity contribution < 1.29 is 14.6 Å². The molecular formula is C30H33Cl2N3O3. The SMILES string of the molecule is O=C(O)NCCCCCc1cc(Cl)c(CNC2(c3cnccc3-c3ccccc3OC3CC3)CC2)cc1Cl. The number of halogens is 2. The largest absolute Gasteiger partial charge is 0.490 e. The van der Waals surface area contributed by atoms with Crippen molar-refractivity contribution in [2.24, 2.45) is 0 Å². The van der Waals surface area contributed by atoms with E-state index in [2.05, 4.69) is 39.9 Å². The molecule has 0 spiro atoms. The topological polar surface area (TPSA) is 83.5 Å². The Bertz CT molecular complexity index is 1290. The van der Waals surface area contributed by atoms with Crippen LogP contribution in [0.5, 0.6) is 5.75 Å². The molecule has 0 atom stereocenters. The molecule has 200 valence electrons. The van der Waals surface area contributed by atoms with Crippen LogP contribution in [0.25, 0.3) is 11.1 Å². The van der Waals surface area contributed by atoms with Gasteiger partial charge in [0.15, 0.2) is 0 Å². The number of benzene rings is 2. The zero-order valence-electron chi connectivity index (χ0n) is 21.3. The highest BCUT2D eigenvalue weighted by atomic mass is 35.5. The van der Waals surface area contributed by atoms with Crippen molar-refractivity contribution in [2.45, 2.75) is 69.6 Å². The van der Waals surface area contributed by atoms with Gasteiger partial charge in [0.2, 0.25) is 0 Å². The van der Waals surface area contributed by atoms with Gasteiger partial charge in [-0.25, -0.2) is 4.79 Å². The zero-order valence-corrected chi connectivity index (χ0v) is 22.8. The molecule has 0 radical (unpaired) electrons. The summed E-state index contributed by atoms with van der Waals surface area (Å²) in [4.78, 5) is 15.0. The van der Waals surface area contributed by atoms with Crippen LogP contribution >= 0.6 is 23.2 Å². The summed E-state index contributed by atoms with van der Waals surface area (Å²) in [5.41, 5.74) is 5.28. The molecule has 2 saturated carbocycles. The summed E-state index contributed by atoms with van der Waals surface area (Å²) < 4.78 is 6.23. The standard InChI is InChI=1S/C30H33Cl2N3O3/c31-26-17-21(27(32)16-20(26)6-2-1-5-14-34-29(36)37)18-35-30(12-13-30)25-19-33-15-11-23(25)24-7-3-4-8-28(24)38-22-9-10-22/h3-4,7-8,11,15-17,19,22,34-35H,1-2,5-6,9-10,12-14,18H2,(H,36,37). The van der Waals surface area contributed by atoms with Crippen molar-refractivity contribution in [2.75, 3.05) is 6.54 Å². The van der Waals surface area contributed by atoms with Gasteiger partial charge >= 0.3 is 6.09 Å². The van der Waals surface area contributed by atoms with Crippen molar-refractivity contribution in [3.8, 4) is 16.9 Å². The fraction of sp³-hybridized carbons (Fsp3) is 0.400. The number of nitrogens with one attached hydrogen (secondary N) is 2. The Morgan fingerprint density at radius 1 is 1.03 bits per heavy atom. The normalized spacial score (nSPS) is 15.7. The predicted molar refractivity (Wildman–Crippen MR) is 151 cm³/mol. The number of para-hydroxylation sites is 1. The highest BCUT2D eigenvalue weighted by molar-refractivity contribution is 6.34. The Morgan fingerprint density at radius 3 is 2.55 bits per heavy atom. The molecule has 2 aromatic carbocycles. The summed E-state index contributed by atoms with van der Waals surface area (Å²) in [6.45, 7) is 1.07. The molecular weight excluding hydrogens is 521 g/mol. The van der Waals surface area contributed by atoms with Crippen molar-refractivity contribution >= 4 is 29.3 Å². The van der Waals surface area contributed by atoms with Gasteiger partial charge in [0.1, 0.15) is 5.75 Å². The number of carboxylic acid groups (broad SMARTS) is 1. The molecule has 2 fully saturated rings. The molecule has 5 rings (SSSR count). The maximum atomic E-state index is 10.5. The van der Waals surface area contributed by atoms with Crippen LogP contribution in [0.4, 0.5) is 4.79 Å². The summed E-state index contributed by atoms with van der Waals surface area (Å²) in [6.07, 6.45) is 10.9. The maximum absolute atomic E-state index is 10.5. The highest BCUT2D eigenvalue weighted by Gasteiger charge is 2.46. The van der Waals surface area contributed by atoms with E-state index in [0.29, 0.717) is 29.2 Å². The third kappa shape index (κ3) is 6.60. The number of amides is 1. The van der Waals surface area contributed by atoms with E-state index in [4.69, 9.17) is 33.0 Å². The summed E-state index contributed by atoms with van der Waals surface area (Å²) in [5, 5.41) is 16.2. The number of hydrogen-bond acceptors (Lipinski definition) is 4. The van der Waals surface area contributed by atoms with E-state index in [-0.39, 0.29) is 5.54 Å². The van der Waals surface area contributed by atoms with Crippen molar-refractivity contribution in [3.63, 3.8) is 0 Å². The van der Waals surface area contributed by atoms with Gasteiger partial charge in [0.05, 0.1) is 6.10 Å². The molecule has 0 aliphatic heterocycles. The van der Waals surface area contributed by atoms with Gasteiger partial charge in [0.25, 0.3) is 0 Å². The van der Waals surface area contributed by atoms with Crippen LogP contribution in [0.15, 0.2) is 54.9 Å². The number of ether oxygens (including phenoxy) is 1. The number of aryl methyl sites for hydroxylation is 1. The number of unbranched alkanes of at least 4 members (excludes halogenated alkanes) is 2.